The van der Waals surface area contributed by atoms with Crippen molar-refractivity contribution in [3.05, 3.63) is 66.9 Å². The zero-order chi connectivity index (χ0) is 28.0. The molecule has 6 rings (SSSR count). The normalized spacial score (nSPS) is 13.9. The molecule has 0 atom stereocenters. The van der Waals surface area contributed by atoms with Gasteiger partial charge in [0.15, 0.2) is 11.6 Å². The van der Waals surface area contributed by atoms with Crippen molar-refractivity contribution in [3.63, 3.8) is 0 Å². The van der Waals surface area contributed by atoms with E-state index in [9.17, 15) is 4.79 Å². The van der Waals surface area contributed by atoms with Crippen molar-refractivity contribution in [1.82, 2.24) is 25.5 Å². The molecule has 0 saturated carbocycles. The van der Waals surface area contributed by atoms with Crippen molar-refractivity contribution >= 4 is 44.8 Å². The molecule has 41 heavy (non-hydrogen) atoms. The molecule has 1 fully saturated rings. The van der Waals surface area contributed by atoms with Gasteiger partial charge >= 0.3 is 0 Å². The molecule has 1 saturated heterocycles. The molecule has 2 aromatic heterocycles. The highest BCUT2D eigenvalue weighted by Crippen LogP contribution is 2.31. The van der Waals surface area contributed by atoms with Crippen molar-refractivity contribution in [2.75, 3.05) is 50.6 Å². The van der Waals surface area contributed by atoms with Crippen LogP contribution in [-0.4, -0.2) is 65.9 Å². The van der Waals surface area contributed by atoms with Crippen LogP contribution in [0.5, 0.6) is 5.75 Å². The molecule has 1 aliphatic heterocycles. The van der Waals surface area contributed by atoms with Gasteiger partial charge in [-0.3, -0.25) is 9.89 Å². The van der Waals surface area contributed by atoms with Crippen LogP contribution in [-0.2, 0) is 9.53 Å². The Labute approximate surface area is 237 Å². The lowest BCUT2D eigenvalue weighted by molar-refractivity contribution is -0.121. The second-order valence-electron chi connectivity index (χ2n) is 10.1. The van der Waals surface area contributed by atoms with Gasteiger partial charge in [0.2, 0.25) is 0 Å². The number of anilines is 3. The van der Waals surface area contributed by atoms with Gasteiger partial charge in [0.1, 0.15) is 18.2 Å². The van der Waals surface area contributed by atoms with Gasteiger partial charge in [0.05, 0.1) is 30.4 Å². The van der Waals surface area contributed by atoms with Crippen LogP contribution in [0, 0.1) is 5.92 Å². The molecule has 3 heterocycles. The first-order valence-electron chi connectivity index (χ1n) is 13.9. The minimum atomic E-state index is 0.119. The van der Waals surface area contributed by atoms with Crippen LogP contribution in [0.2, 0.25) is 0 Å². The number of ketones is 1. The van der Waals surface area contributed by atoms with E-state index in [1.54, 1.807) is 13.3 Å². The Kier molecular flexibility index (Phi) is 8.01. The van der Waals surface area contributed by atoms with E-state index in [0.29, 0.717) is 37.2 Å². The second kappa shape index (κ2) is 12.3. The topological polar surface area (TPSA) is 126 Å². The number of fused-ring (bicyclic) bond motifs is 2. The van der Waals surface area contributed by atoms with Crippen LogP contribution in [0.4, 0.5) is 17.2 Å². The monoisotopic (exact) mass is 551 g/mol. The van der Waals surface area contributed by atoms with Gasteiger partial charge in [-0.05, 0) is 74.5 Å². The molecule has 5 aromatic rings. The van der Waals surface area contributed by atoms with E-state index in [-0.39, 0.29) is 11.7 Å². The summed E-state index contributed by atoms with van der Waals surface area (Å²) in [5.41, 5.74) is 4.32. The highest BCUT2D eigenvalue weighted by molar-refractivity contribution is 5.94. The van der Waals surface area contributed by atoms with Crippen molar-refractivity contribution in [2.45, 2.75) is 12.8 Å². The van der Waals surface area contributed by atoms with E-state index in [4.69, 9.17) is 19.4 Å². The van der Waals surface area contributed by atoms with E-state index in [1.165, 1.54) is 0 Å². The van der Waals surface area contributed by atoms with Crippen LogP contribution in [0.15, 0.2) is 66.9 Å². The largest absolute Gasteiger partial charge is 0.491 e. The van der Waals surface area contributed by atoms with E-state index in [2.05, 4.69) is 26.1 Å². The zero-order valence-electron chi connectivity index (χ0n) is 22.9. The number of carbonyl (C=O) groups is 1. The zero-order valence-corrected chi connectivity index (χ0v) is 22.9. The third-order valence-corrected chi connectivity index (χ3v) is 7.31. The molecule has 3 aromatic carbocycles. The fourth-order valence-electron chi connectivity index (χ4n) is 5.07. The summed E-state index contributed by atoms with van der Waals surface area (Å²) in [6.07, 6.45) is 3.59. The molecule has 0 spiro atoms. The SMILES string of the molecule is COCCOc1ccc2nc(-c3cccc(NCC(=O)C4CCNCC4)c3)nc(Nc3ccc4[nH]ncc4c3)c2c1. The van der Waals surface area contributed by atoms with E-state index >= 15 is 0 Å². The first kappa shape index (κ1) is 26.7. The minimum Gasteiger partial charge on any atom is -0.491 e. The summed E-state index contributed by atoms with van der Waals surface area (Å²) in [5, 5.41) is 19.0. The van der Waals surface area contributed by atoms with Crippen LogP contribution >= 0.6 is 0 Å². The van der Waals surface area contributed by atoms with Crippen LogP contribution in [0.3, 0.4) is 0 Å². The maximum absolute atomic E-state index is 12.7. The maximum atomic E-state index is 12.7. The third-order valence-electron chi connectivity index (χ3n) is 7.31. The van der Waals surface area contributed by atoms with E-state index in [1.807, 2.05) is 60.7 Å². The summed E-state index contributed by atoms with van der Waals surface area (Å²) in [6, 6.07) is 19.6. The van der Waals surface area contributed by atoms with Gasteiger partial charge in [-0.1, -0.05) is 12.1 Å². The number of methoxy groups -OCH3 is 1. The van der Waals surface area contributed by atoms with Crippen LogP contribution in [0.25, 0.3) is 33.2 Å². The van der Waals surface area contributed by atoms with Gasteiger partial charge in [-0.15, -0.1) is 0 Å². The second-order valence-corrected chi connectivity index (χ2v) is 10.1. The number of benzene rings is 3. The Balaban J connectivity index is 1.30. The molecule has 0 amide bonds. The van der Waals surface area contributed by atoms with Crippen molar-refractivity contribution < 1.29 is 14.3 Å². The molecule has 0 radical (unpaired) electrons. The first-order valence-corrected chi connectivity index (χ1v) is 13.9. The van der Waals surface area contributed by atoms with Crippen molar-refractivity contribution in [2.24, 2.45) is 5.92 Å². The predicted molar refractivity (Wildman–Crippen MR) is 161 cm³/mol. The highest BCUT2D eigenvalue weighted by Gasteiger charge is 2.20. The average Bonchev–Trinajstić information content (AvgIpc) is 3.49. The molecule has 10 heteroatoms. The number of hydrogen-bond acceptors (Lipinski definition) is 9. The molecular weight excluding hydrogens is 518 g/mol. The van der Waals surface area contributed by atoms with Gasteiger partial charge in [0.25, 0.3) is 0 Å². The van der Waals surface area contributed by atoms with Crippen LogP contribution in [0.1, 0.15) is 12.8 Å². The first-order chi connectivity index (χ1) is 20.2. The highest BCUT2D eigenvalue weighted by atomic mass is 16.5. The average molecular weight is 552 g/mol. The lowest BCUT2D eigenvalue weighted by atomic mass is 9.93. The van der Waals surface area contributed by atoms with Crippen molar-refractivity contribution in [1.29, 1.82) is 0 Å². The molecule has 0 aliphatic carbocycles. The molecule has 210 valence electrons. The Hall–Kier alpha value is -4.54. The lowest BCUT2D eigenvalue weighted by Crippen LogP contribution is -2.34. The molecule has 4 N–H and O–H groups in total. The summed E-state index contributed by atoms with van der Waals surface area (Å²) < 4.78 is 11.0. The Morgan fingerprint density at radius 2 is 1.90 bits per heavy atom. The fraction of sp³-hybridized carbons (Fsp3) is 0.290. The number of aromatic amines is 1. The molecule has 0 unspecified atom stereocenters. The number of carbonyl (C=O) groups excluding carboxylic acids is 1. The number of rotatable bonds is 11. The Morgan fingerprint density at radius 3 is 2.78 bits per heavy atom. The van der Waals surface area contributed by atoms with E-state index < -0.39 is 0 Å². The minimum absolute atomic E-state index is 0.119. The van der Waals surface area contributed by atoms with Crippen LogP contribution < -0.4 is 20.7 Å². The number of piperidine rings is 1. The van der Waals surface area contributed by atoms with Gasteiger partial charge < -0.3 is 25.4 Å². The summed E-state index contributed by atoms with van der Waals surface area (Å²) in [5.74, 6) is 2.32. The molecule has 1 aliphatic rings. The fourth-order valence-corrected chi connectivity index (χ4v) is 5.07. The standard InChI is InChI=1S/C31H33N7O3/c1-40-13-14-41-25-6-8-28-26(17-25)31(35-24-5-7-27-22(16-24)18-34-38-27)37-30(36-28)21-3-2-4-23(15-21)33-19-29(39)20-9-11-32-12-10-20/h2-8,15-18,20,32-33H,9-14,19H2,1H3,(H,34,38)(H,35,36,37). The lowest BCUT2D eigenvalue weighted by Gasteiger charge is -2.21. The summed E-state index contributed by atoms with van der Waals surface area (Å²) >= 11 is 0. The Morgan fingerprint density at radius 1 is 1.00 bits per heavy atom. The van der Waals surface area contributed by atoms with Gasteiger partial charge in [0, 0.05) is 40.7 Å². The Bertz CT molecular complexity index is 1660. The predicted octanol–water partition coefficient (Wildman–Crippen LogP) is 4.92. The number of ether oxygens (including phenoxy) is 2. The number of hydrogen-bond donors (Lipinski definition) is 4. The smallest absolute Gasteiger partial charge is 0.162 e. The number of H-pyrrole nitrogens is 1. The number of aromatic nitrogens is 4. The number of nitrogens with zero attached hydrogens (tertiary/aromatic N) is 3. The maximum Gasteiger partial charge on any atom is 0.162 e. The molecule has 10 nitrogen and oxygen atoms in total. The van der Waals surface area contributed by atoms with Crippen molar-refractivity contribution in [3.8, 4) is 17.1 Å². The number of Topliss-reactive ketones (excluding diaryl/α,β-unsaturated/α-hetero) is 1. The molecule has 0 bridgehead atoms. The molecular formula is C31H33N7O3. The number of nitrogens with one attached hydrogen (secondary N) is 4. The summed E-state index contributed by atoms with van der Waals surface area (Å²) in [4.78, 5) is 22.6. The summed E-state index contributed by atoms with van der Waals surface area (Å²) in [7, 11) is 1.65. The van der Waals surface area contributed by atoms with Gasteiger partial charge in [-0.25, -0.2) is 9.97 Å². The summed E-state index contributed by atoms with van der Waals surface area (Å²) in [6.45, 7) is 3.05. The third kappa shape index (κ3) is 6.29. The quantitative estimate of drug-likeness (QED) is 0.169. The van der Waals surface area contributed by atoms with Gasteiger partial charge in [-0.2, -0.15) is 5.10 Å². The van der Waals surface area contributed by atoms with E-state index in [0.717, 1.165) is 64.7 Å².